The van der Waals surface area contributed by atoms with Crippen LogP contribution < -0.4 is 5.73 Å². The topological polar surface area (TPSA) is 62.3 Å². The van der Waals surface area contributed by atoms with Crippen LogP contribution in [0, 0.1) is 0 Å². The largest absolute Gasteiger partial charge is 0.399 e. The van der Waals surface area contributed by atoms with E-state index in [0.29, 0.717) is 13.2 Å². The lowest BCUT2D eigenvalue weighted by Crippen LogP contribution is -2.23. The first-order chi connectivity index (χ1) is 8.24. The fourth-order valence-corrected chi connectivity index (χ4v) is 1.83. The maximum absolute atomic E-state index is 5.71. The van der Waals surface area contributed by atoms with Gasteiger partial charge >= 0.3 is 0 Å². The minimum Gasteiger partial charge on any atom is -0.399 e. The molecule has 5 nitrogen and oxygen atoms in total. The molecule has 2 N–H and O–H groups in total. The van der Waals surface area contributed by atoms with Gasteiger partial charge in [0.2, 0.25) is 0 Å². The molecule has 0 aliphatic carbocycles. The number of methoxy groups -OCH3 is 2. The summed E-state index contributed by atoms with van der Waals surface area (Å²) in [6, 6.07) is 5.71. The van der Waals surface area contributed by atoms with Gasteiger partial charge in [0, 0.05) is 19.9 Å². The molecule has 0 aliphatic heterocycles. The highest BCUT2D eigenvalue weighted by atomic mass is 16.5. The Morgan fingerprint density at radius 1 is 1.41 bits per heavy atom. The summed E-state index contributed by atoms with van der Waals surface area (Å²) in [7, 11) is 3.35. The molecule has 0 saturated carbocycles. The number of anilines is 1. The SMILES string of the molecule is COCC(Cn1cnc2cc(N)ccc21)OC. The average Bonchev–Trinajstić information content (AvgIpc) is 2.71. The number of hydrogen-bond acceptors (Lipinski definition) is 4. The molecule has 2 aromatic rings. The van der Waals surface area contributed by atoms with Crippen LogP contribution in [-0.4, -0.2) is 36.5 Å². The molecule has 0 fully saturated rings. The Labute approximate surface area is 100 Å². The van der Waals surface area contributed by atoms with Gasteiger partial charge < -0.3 is 19.8 Å². The second-order valence-corrected chi connectivity index (χ2v) is 3.96. The number of hydrogen-bond donors (Lipinski definition) is 1. The molecule has 1 atom stereocenters. The lowest BCUT2D eigenvalue weighted by molar-refractivity contribution is 0.0190. The van der Waals surface area contributed by atoms with E-state index in [0.717, 1.165) is 16.7 Å². The van der Waals surface area contributed by atoms with E-state index in [4.69, 9.17) is 15.2 Å². The first kappa shape index (κ1) is 11.9. The Morgan fingerprint density at radius 3 is 2.94 bits per heavy atom. The Hall–Kier alpha value is -1.59. The van der Waals surface area contributed by atoms with Crippen LogP contribution in [0.2, 0.25) is 0 Å². The van der Waals surface area contributed by atoms with Gasteiger partial charge in [0.05, 0.1) is 36.6 Å². The predicted octanol–water partition coefficient (Wildman–Crippen LogP) is 1.28. The van der Waals surface area contributed by atoms with Crippen LogP contribution in [0.4, 0.5) is 5.69 Å². The van der Waals surface area contributed by atoms with E-state index in [1.165, 1.54) is 0 Å². The van der Waals surface area contributed by atoms with Crippen LogP contribution in [0.3, 0.4) is 0 Å². The van der Waals surface area contributed by atoms with Gasteiger partial charge in [-0.2, -0.15) is 0 Å². The van der Waals surface area contributed by atoms with Crippen molar-refractivity contribution in [1.29, 1.82) is 0 Å². The van der Waals surface area contributed by atoms with Crippen LogP contribution in [0.25, 0.3) is 11.0 Å². The van der Waals surface area contributed by atoms with Crippen molar-refractivity contribution in [3.05, 3.63) is 24.5 Å². The van der Waals surface area contributed by atoms with E-state index in [9.17, 15) is 0 Å². The van der Waals surface area contributed by atoms with Gasteiger partial charge in [-0.1, -0.05) is 0 Å². The molecular formula is C12H17N3O2. The number of nitrogen functional groups attached to an aromatic ring is 1. The number of fused-ring (bicyclic) bond motifs is 1. The first-order valence-corrected chi connectivity index (χ1v) is 5.46. The van der Waals surface area contributed by atoms with E-state index in [-0.39, 0.29) is 6.10 Å². The summed E-state index contributed by atoms with van der Waals surface area (Å²) >= 11 is 0. The van der Waals surface area contributed by atoms with E-state index < -0.39 is 0 Å². The monoisotopic (exact) mass is 235 g/mol. The van der Waals surface area contributed by atoms with Crippen LogP contribution in [0.5, 0.6) is 0 Å². The quantitative estimate of drug-likeness (QED) is 0.793. The van der Waals surface area contributed by atoms with E-state index in [1.807, 2.05) is 22.8 Å². The van der Waals surface area contributed by atoms with E-state index >= 15 is 0 Å². The first-order valence-electron chi connectivity index (χ1n) is 5.46. The lowest BCUT2D eigenvalue weighted by atomic mass is 10.2. The second-order valence-electron chi connectivity index (χ2n) is 3.96. The van der Waals surface area contributed by atoms with Gasteiger partial charge in [-0.25, -0.2) is 4.98 Å². The van der Waals surface area contributed by atoms with Crippen LogP contribution >= 0.6 is 0 Å². The summed E-state index contributed by atoms with van der Waals surface area (Å²) in [5, 5.41) is 0. The molecular weight excluding hydrogens is 218 g/mol. The maximum Gasteiger partial charge on any atom is 0.0983 e. The van der Waals surface area contributed by atoms with Crippen molar-refractivity contribution in [3.63, 3.8) is 0 Å². The van der Waals surface area contributed by atoms with Crippen molar-refractivity contribution in [2.45, 2.75) is 12.6 Å². The normalized spacial score (nSPS) is 13.1. The molecule has 92 valence electrons. The summed E-state index contributed by atoms with van der Waals surface area (Å²) in [5.74, 6) is 0. The zero-order chi connectivity index (χ0) is 12.3. The summed E-state index contributed by atoms with van der Waals surface area (Å²) in [6.07, 6.45) is 1.82. The van der Waals surface area contributed by atoms with Gasteiger partial charge in [-0.15, -0.1) is 0 Å². The number of benzene rings is 1. The van der Waals surface area contributed by atoms with Crippen molar-refractivity contribution in [2.24, 2.45) is 0 Å². The number of nitrogens with zero attached hydrogens (tertiary/aromatic N) is 2. The van der Waals surface area contributed by atoms with Crippen molar-refractivity contribution in [2.75, 3.05) is 26.6 Å². The third-order valence-electron chi connectivity index (χ3n) is 2.73. The Morgan fingerprint density at radius 2 is 2.24 bits per heavy atom. The molecule has 1 heterocycles. The average molecular weight is 235 g/mol. The fourth-order valence-electron chi connectivity index (χ4n) is 1.83. The standard InChI is InChI=1S/C12H17N3O2/c1-16-7-10(17-2)6-15-8-14-11-5-9(13)3-4-12(11)15/h3-5,8,10H,6-7,13H2,1-2H3. The summed E-state index contributed by atoms with van der Waals surface area (Å²) in [4.78, 5) is 4.31. The third-order valence-corrected chi connectivity index (χ3v) is 2.73. The van der Waals surface area contributed by atoms with Gasteiger partial charge in [-0.3, -0.25) is 0 Å². The summed E-state index contributed by atoms with van der Waals surface area (Å²) < 4.78 is 12.5. The highest BCUT2D eigenvalue weighted by molar-refractivity contribution is 5.78. The number of nitrogens with two attached hydrogens (primary N) is 1. The molecule has 1 aromatic carbocycles. The molecule has 1 unspecified atom stereocenters. The molecule has 5 heteroatoms. The summed E-state index contributed by atoms with van der Waals surface area (Å²) in [5.41, 5.74) is 8.39. The highest BCUT2D eigenvalue weighted by Crippen LogP contribution is 2.16. The van der Waals surface area contributed by atoms with Crippen LogP contribution in [0.15, 0.2) is 24.5 Å². The smallest absolute Gasteiger partial charge is 0.0983 e. The Bertz CT molecular complexity index is 495. The molecule has 0 bridgehead atoms. The summed E-state index contributed by atoms with van der Waals surface area (Å²) in [6.45, 7) is 1.27. The van der Waals surface area contributed by atoms with Crippen molar-refractivity contribution in [3.8, 4) is 0 Å². The van der Waals surface area contributed by atoms with Crippen molar-refractivity contribution in [1.82, 2.24) is 9.55 Å². The third kappa shape index (κ3) is 2.57. The van der Waals surface area contributed by atoms with E-state index in [1.54, 1.807) is 20.5 Å². The minimum absolute atomic E-state index is 0.0231. The molecule has 2 rings (SSSR count). The van der Waals surface area contributed by atoms with Crippen molar-refractivity contribution < 1.29 is 9.47 Å². The molecule has 0 aliphatic rings. The number of imidazole rings is 1. The van der Waals surface area contributed by atoms with Gasteiger partial charge in [0.15, 0.2) is 0 Å². The molecule has 0 amide bonds. The molecule has 1 aromatic heterocycles. The molecule has 17 heavy (non-hydrogen) atoms. The van der Waals surface area contributed by atoms with Gasteiger partial charge in [-0.05, 0) is 18.2 Å². The van der Waals surface area contributed by atoms with E-state index in [2.05, 4.69) is 4.98 Å². The van der Waals surface area contributed by atoms with Gasteiger partial charge in [0.1, 0.15) is 0 Å². The Kier molecular flexibility index (Phi) is 3.61. The second kappa shape index (κ2) is 5.16. The zero-order valence-electron chi connectivity index (χ0n) is 10.1. The zero-order valence-corrected chi connectivity index (χ0v) is 10.1. The predicted molar refractivity (Wildman–Crippen MR) is 66.8 cm³/mol. The van der Waals surface area contributed by atoms with Crippen LogP contribution in [0.1, 0.15) is 0 Å². The van der Waals surface area contributed by atoms with Gasteiger partial charge in [0.25, 0.3) is 0 Å². The minimum atomic E-state index is 0.0231. The Balaban J connectivity index is 2.23. The highest BCUT2D eigenvalue weighted by Gasteiger charge is 2.10. The molecule has 0 spiro atoms. The lowest BCUT2D eigenvalue weighted by Gasteiger charge is -2.15. The molecule has 0 saturated heterocycles. The molecule has 0 radical (unpaired) electrons. The number of rotatable bonds is 5. The fraction of sp³-hybridized carbons (Fsp3) is 0.417. The number of aromatic nitrogens is 2. The van der Waals surface area contributed by atoms with Crippen LogP contribution in [-0.2, 0) is 16.0 Å². The number of ether oxygens (including phenoxy) is 2. The van der Waals surface area contributed by atoms with Crippen molar-refractivity contribution >= 4 is 16.7 Å². The maximum atomic E-state index is 5.71.